The van der Waals surface area contributed by atoms with Crippen molar-refractivity contribution in [1.82, 2.24) is 10.2 Å². The van der Waals surface area contributed by atoms with Crippen molar-refractivity contribution in [1.29, 1.82) is 0 Å². The normalized spacial score (nSPS) is 11.8. The molecule has 1 aliphatic carbocycles. The van der Waals surface area contributed by atoms with Crippen LogP contribution in [0.4, 0.5) is 0 Å². The number of amides is 2. The van der Waals surface area contributed by atoms with Crippen molar-refractivity contribution in [2.24, 2.45) is 0 Å². The summed E-state index contributed by atoms with van der Waals surface area (Å²) in [6, 6.07) is 7.77. The number of fused-ring (bicyclic) bond motifs is 3. The smallest absolute Gasteiger partial charge is 0.348 e. The number of rotatable bonds is 6. The number of nitrogens with one attached hydrogen (secondary N) is 1. The number of carbonyl (C=O) groups excluding carboxylic acids is 3. The number of methoxy groups -OCH3 is 1. The zero-order valence-electron chi connectivity index (χ0n) is 16.0. The first-order valence-corrected chi connectivity index (χ1v) is 9.64. The standard InChI is InChI=1S/C20H22N2O5S/c1-22(2)18(24)10-21-17(23)11-27-20(25)16-9-13-5-4-12-8-14(26-3)6-7-15(12)19(13)28-16/h6-9H,4-5,10-11H2,1-3H3,(H,21,23). The lowest BCUT2D eigenvalue weighted by molar-refractivity contribution is -0.131. The van der Waals surface area contributed by atoms with Crippen LogP contribution in [0, 0.1) is 0 Å². The van der Waals surface area contributed by atoms with Crippen LogP contribution >= 0.6 is 11.3 Å². The number of hydrogen-bond donors (Lipinski definition) is 1. The van der Waals surface area contributed by atoms with Crippen LogP contribution in [0.3, 0.4) is 0 Å². The van der Waals surface area contributed by atoms with E-state index in [9.17, 15) is 14.4 Å². The van der Waals surface area contributed by atoms with Gasteiger partial charge in [-0.15, -0.1) is 11.3 Å². The maximum absolute atomic E-state index is 12.3. The Labute approximate surface area is 167 Å². The molecule has 0 unspecified atom stereocenters. The van der Waals surface area contributed by atoms with Gasteiger partial charge in [0.15, 0.2) is 6.61 Å². The molecule has 1 N–H and O–H groups in total. The molecule has 1 aliphatic rings. The van der Waals surface area contributed by atoms with Gasteiger partial charge in [0.25, 0.3) is 5.91 Å². The van der Waals surface area contributed by atoms with Gasteiger partial charge in [-0.25, -0.2) is 4.79 Å². The van der Waals surface area contributed by atoms with Crippen LogP contribution in [-0.4, -0.2) is 57.0 Å². The Morgan fingerprint density at radius 1 is 1.14 bits per heavy atom. The Hall–Kier alpha value is -2.87. The summed E-state index contributed by atoms with van der Waals surface area (Å²) < 4.78 is 10.4. The van der Waals surface area contributed by atoms with Gasteiger partial charge in [0, 0.05) is 19.0 Å². The average molecular weight is 402 g/mol. The van der Waals surface area contributed by atoms with Crippen LogP contribution < -0.4 is 10.1 Å². The number of nitrogens with zero attached hydrogens (tertiary/aromatic N) is 1. The molecule has 148 valence electrons. The van der Waals surface area contributed by atoms with E-state index in [1.54, 1.807) is 21.2 Å². The molecular weight excluding hydrogens is 380 g/mol. The largest absolute Gasteiger partial charge is 0.497 e. The van der Waals surface area contributed by atoms with E-state index in [1.807, 2.05) is 24.3 Å². The minimum absolute atomic E-state index is 0.128. The lowest BCUT2D eigenvalue weighted by Crippen LogP contribution is -2.38. The third-order valence-electron chi connectivity index (χ3n) is 4.50. The van der Waals surface area contributed by atoms with Gasteiger partial charge in [-0.05, 0) is 53.8 Å². The highest BCUT2D eigenvalue weighted by atomic mass is 32.1. The third kappa shape index (κ3) is 4.33. The SMILES string of the molecule is COc1ccc2c(c1)CCc1cc(C(=O)OCC(=O)NCC(=O)N(C)C)sc1-2. The number of carbonyl (C=O) groups is 3. The molecule has 3 rings (SSSR count). The van der Waals surface area contributed by atoms with Crippen LogP contribution in [0.2, 0.25) is 0 Å². The highest BCUT2D eigenvalue weighted by molar-refractivity contribution is 7.17. The lowest BCUT2D eigenvalue weighted by Gasteiger charge is -2.16. The van der Waals surface area contributed by atoms with E-state index < -0.39 is 18.5 Å². The summed E-state index contributed by atoms with van der Waals surface area (Å²) in [7, 11) is 4.84. The van der Waals surface area contributed by atoms with Gasteiger partial charge in [0.2, 0.25) is 5.91 Å². The molecule has 0 saturated heterocycles. The highest BCUT2D eigenvalue weighted by Crippen LogP contribution is 2.40. The number of ether oxygens (including phenoxy) is 2. The van der Waals surface area contributed by atoms with Gasteiger partial charge in [-0.3, -0.25) is 9.59 Å². The van der Waals surface area contributed by atoms with E-state index in [1.165, 1.54) is 21.8 Å². The zero-order chi connectivity index (χ0) is 20.3. The van der Waals surface area contributed by atoms with E-state index in [0.29, 0.717) is 4.88 Å². The number of benzene rings is 1. The molecule has 0 atom stereocenters. The molecule has 28 heavy (non-hydrogen) atoms. The Morgan fingerprint density at radius 2 is 1.89 bits per heavy atom. The molecule has 0 saturated carbocycles. The first kappa shape index (κ1) is 19.9. The van der Waals surface area contributed by atoms with Gasteiger partial charge >= 0.3 is 5.97 Å². The minimum atomic E-state index is -0.538. The summed E-state index contributed by atoms with van der Waals surface area (Å²) in [5, 5.41) is 2.43. The number of aryl methyl sites for hydroxylation is 2. The summed E-state index contributed by atoms with van der Waals surface area (Å²) >= 11 is 1.37. The van der Waals surface area contributed by atoms with Crippen molar-refractivity contribution in [3.05, 3.63) is 40.3 Å². The Balaban J connectivity index is 1.63. The van der Waals surface area contributed by atoms with E-state index in [4.69, 9.17) is 9.47 Å². The predicted molar refractivity (Wildman–Crippen MR) is 106 cm³/mol. The molecular formula is C20H22N2O5S. The predicted octanol–water partition coefficient (Wildman–Crippen LogP) is 1.88. The molecule has 2 aromatic rings. The fraction of sp³-hybridized carbons (Fsp3) is 0.350. The minimum Gasteiger partial charge on any atom is -0.497 e. The quantitative estimate of drug-likeness (QED) is 0.746. The van der Waals surface area contributed by atoms with Gasteiger partial charge in [-0.2, -0.15) is 0 Å². The van der Waals surface area contributed by atoms with Crippen LogP contribution in [0.25, 0.3) is 10.4 Å². The van der Waals surface area contributed by atoms with E-state index in [0.717, 1.165) is 34.6 Å². The van der Waals surface area contributed by atoms with Gasteiger partial charge < -0.3 is 19.7 Å². The summed E-state index contributed by atoms with van der Waals surface area (Å²) in [5.41, 5.74) is 3.40. The summed E-state index contributed by atoms with van der Waals surface area (Å²) in [6.07, 6.45) is 1.72. The third-order valence-corrected chi connectivity index (χ3v) is 5.69. The molecule has 0 fully saturated rings. The number of likely N-dealkylation sites (N-methyl/N-ethyl adjacent to an activating group) is 1. The van der Waals surface area contributed by atoms with E-state index in [-0.39, 0.29) is 12.5 Å². The van der Waals surface area contributed by atoms with Gasteiger partial charge in [-0.1, -0.05) is 0 Å². The number of esters is 1. The lowest BCUT2D eigenvalue weighted by atomic mass is 9.91. The topological polar surface area (TPSA) is 84.9 Å². The molecule has 1 aromatic heterocycles. The van der Waals surface area contributed by atoms with Crippen molar-refractivity contribution in [2.45, 2.75) is 12.8 Å². The van der Waals surface area contributed by atoms with Gasteiger partial charge in [0.05, 0.1) is 13.7 Å². The summed E-state index contributed by atoms with van der Waals surface area (Å²) in [5.74, 6) is -0.469. The number of thiophene rings is 1. The first-order chi connectivity index (χ1) is 13.4. The maximum atomic E-state index is 12.3. The molecule has 1 heterocycles. The van der Waals surface area contributed by atoms with Crippen molar-refractivity contribution in [3.63, 3.8) is 0 Å². The molecule has 8 heteroatoms. The fourth-order valence-electron chi connectivity index (χ4n) is 2.92. The highest BCUT2D eigenvalue weighted by Gasteiger charge is 2.23. The second-order valence-corrected chi connectivity index (χ2v) is 7.68. The van der Waals surface area contributed by atoms with Crippen LogP contribution in [0.5, 0.6) is 5.75 Å². The molecule has 2 amide bonds. The fourth-order valence-corrected chi connectivity index (χ4v) is 4.09. The summed E-state index contributed by atoms with van der Waals surface area (Å²) in [6.45, 7) is -0.549. The second-order valence-electron chi connectivity index (χ2n) is 6.63. The maximum Gasteiger partial charge on any atom is 0.348 e. The Bertz CT molecular complexity index is 919. The summed E-state index contributed by atoms with van der Waals surface area (Å²) in [4.78, 5) is 38.4. The molecule has 0 aliphatic heterocycles. The first-order valence-electron chi connectivity index (χ1n) is 8.83. The Kier molecular flexibility index (Phi) is 5.99. The van der Waals surface area contributed by atoms with Crippen LogP contribution in [0.1, 0.15) is 20.8 Å². The second kappa shape index (κ2) is 8.43. The van der Waals surface area contributed by atoms with Crippen molar-refractivity contribution < 1.29 is 23.9 Å². The molecule has 7 nitrogen and oxygen atoms in total. The zero-order valence-corrected chi connectivity index (χ0v) is 16.9. The molecule has 0 bridgehead atoms. The van der Waals surface area contributed by atoms with Gasteiger partial charge in [0.1, 0.15) is 10.6 Å². The Morgan fingerprint density at radius 3 is 2.61 bits per heavy atom. The van der Waals surface area contributed by atoms with E-state index >= 15 is 0 Å². The van der Waals surface area contributed by atoms with Crippen LogP contribution in [0.15, 0.2) is 24.3 Å². The monoisotopic (exact) mass is 402 g/mol. The number of hydrogen-bond acceptors (Lipinski definition) is 6. The van der Waals surface area contributed by atoms with Crippen molar-refractivity contribution in [3.8, 4) is 16.2 Å². The van der Waals surface area contributed by atoms with Crippen LogP contribution in [-0.2, 0) is 27.2 Å². The molecule has 0 radical (unpaired) electrons. The molecule has 0 spiro atoms. The van der Waals surface area contributed by atoms with Crippen molar-refractivity contribution >= 4 is 29.1 Å². The molecule has 1 aromatic carbocycles. The average Bonchev–Trinajstić information content (AvgIpc) is 3.14. The van der Waals surface area contributed by atoms with Crippen molar-refractivity contribution in [2.75, 3.05) is 34.4 Å². The van der Waals surface area contributed by atoms with E-state index in [2.05, 4.69) is 5.32 Å².